The van der Waals surface area contributed by atoms with Crippen LogP contribution in [0.3, 0.4) is 0 Å². The Morgan fingerprint density at radius 1 is 1.36 bits per heavy atom. The topological polar surface area (TPSA) is 31.2 Å². The number of nitrogens with one attached hydrogen (secondary N) is 1. The predicted molar refractivity (Wildman–Crippen MR) is 57.8 cm³/mol. The van der Waals surface area contributed by atoms with Gasteiger partial charge in [-0.25, -0.2) is 0 Å². The van der Waals surface area contributed by atoms with Crippen molar-refractivity contribution in [3.63, 3.8) is 0 Å². The highest BCUT2D eigenvalue weighted by molar-refractivity contribution is 5.44. The first-order valence-corrected chi connectivity index (χ1v) is 5.19. The van der Waals surface area contributed by atoms with E-state index in [1.165, 1.54) is 16.7 Å². The highest BCUT2D eigenvalue weighted by atomic mass is 16.5. The van der Waals surface area contributed by atoms with Gasteiger partial charge in [0.25, 0.3) is 0 Å². The summed E-state index contributed by atoms with van der Waals surface area (Å²) in [6.07, 6.45) is 0. The van der Waals surface area contributed by atoms with Gasteiger partial charge < -0.3 is 10.1 Å². The third-order valence-corrected chi connectivity index (χ3v) is 2.65. The van der Waals surface area contributed by atoms with Gasteiger partial charge in [0.2, 0.25) is 0 Å². The summed E-state index contributed by atoms with van der Waals surface area (Å²) in [5.74, 6) is 1.02. The number of benzene rings is 1. The van der Waals surface area contributed by atoms with Crippen LogP contribution in [0.25, 0.3) is 0 Å². The molecule has 76 valence electrons. The first-order chi connectivity index (χ1) is 6.72. The second-order valence-electron chi connectivity index (χ2n) is 3.87. The zero-order valence-corrected chi connectivity index (χ0v) is 9.05. The summed E-state index contributed by atoms with van der Waals surface area (Å²) in [6, 6.07) is 4.98. The Bertz CT molecular complexity index is 342. The minimum absolute atomic E-state index is 0.587. The van der Waals surface area contributed by atoms with E-state index in [4.69, 9.17) is 4.74 Å². The highest BCUT2D eigenvalue weighted by Gasteiger charge is 2.24. The molecule has 1 fully saturated rings. The summed E-state index contributed by atoms with van der Waals surface area (Å²) in [5, 5.41) is 3.33. The minimum atomic E-state index is 0.587. The molecule has 1 N–H and O–H groups in total. The third-order valence-electron chi connectivity index (χ3n) is 2.65. The summed E-state index contributed by atoms with van der Waals surface area (Å²) in [6.45, 7) is 8.13. The van der Waals surface area contributed by atoms with Crippen LogP contribution in [-0.2, 0) is 0 Å². The standard InChI is InChI=1S/C12H17NO/c1-4-14-12-6-8(2)10(5-9(12)3)11-7-13-11/h5-6,11,13H,4,7H2,1-3H3. The molecule has 1 aromatic carbocycles. The first-order valence-electron chi connectivity index (χ1n) is 5.19. The van der Waals surface area contributed by atoms with E-state index in [2.05, 4.69) is 31.3 Å². The predicted octanol–water partition coefficient (Wildman–Crippen LogP) is 2.35. The smallest absolute Gasteiger partial charge is 0.122 e. The molecular formula is C12H17NO. The lowest BCUT2D eigenvalue weighted by Crippen LogP contribution is -1.97. The number of hydrogen-bond donors (Lipinski definition) is 1. The first kappa shape index (κ1) is 9.53. The Kier molecular flexibility index (Phi) is 2.46. The van der Waals surface area contributed by atoms with Crippen LogP contribution in [0.2, 0.25) is 0 Å². The molecule has 1 aliphatic heterocycles. The molecule has 1 atom stereocenters. The van der Waals surface area contributed by atoms with Crippen LogP contribution in [0.1, 0.15) is 29.7 Å². The summed E-state index contributed by atoms with van der Waals surface area (Å²) < 4.78 is 5.55. The Labute approximate surface area is 85.3 Å². The second kappa shape index (κ2) is 3.62. The Balaban J connectivity index is 2.33. The zero-order chi connectivity index (χ0) is 10.1. The van der Waals surface area contributed by atoms with Gasteiger partial charge in [-0.2, -0.15) is 0 Å². The van der Waals surface area contributed by atoms with Gasteiger partial charge in [0, 0.05) is 12.6 Å². The van der Waals surface area contributed by atoms with Gasteiger partial charge >= 0.3 is 0 Å². The van der Waals surface area contributed by atoms with E-state index in [1.807, 2.05) is 6.92 Å². The molecule has 0 radical (unpaired) electrons. The van der Waals surface area contributed by atoms with Crippen molar-refractivity contribution in [2.45, 2.75) is 26.8 Å². The maximum Gasteiger partial charge on any atom is 0.122 e. The van der Waals surface area contributed by atoms with Gasteiger partial charge in [-0.05, 0) is 43.5 Å². The van der Waals surface area contributed by atoms with Crippen molar-refractivity contribution in [2.24, 2.45) is 0 Å². The quantitative estimate of drug-likeness (QED) is 0.743. The van der Waals surface area contributed by atoms with Gasteiger partial charge in [0.15, 0.2) is 0 Å². The third kappa shape index (κ3) is 1.75. The number of ether oxygens (including phenoxy) is 1. The lowest BCUT2D eigenvalue weighted by molar-refractivity contribution is 0.337. The van der Waals surface area contributed by atoms with Crippen molar-refractivity contribution in [3.8, 4) is 5.75 Å². The Morgan fingerprint density at radius 3 is 2.64 bits per heavy atom. The molecule has 0 aliphatic carbocycles. The van der Waals surface area contributed by atoms with Gasteiger partial charge in [-0.1, -0.05) is 6.07 Å². The summed E-state index contributed by atoms with van der Waals surface area (Å²) in [5.41, 5.74) is 3.99. The molecule has 1 aromatic rings. The lowest BCUT2D eigenvalue weighted by atomic mass is 10.0. The fourth-order valence-electron chi connectivity index (χ4n) is 1.78. The van der Waals surface area contributed by atoms with E-state index in [0.29, 0.717) is 6.04 Å². The molecule has 0 spiro atoms. The average molecular weight is 191 g/mol. The van der Waals surface area contributed by atoms with Crippen molar-refractivity contribution in [1.82, 2.24) is 5.32 Å². The zero-order valence-electron chi connectivity index (χ0n) is 9.05. The number of rotatable bonds is 3. The maximum absolute atomic E-state index is 5.55. The summed E-state index contributed by atoms with van der Waals surface area (Å²) in [4.78, 5) is 0. The van der Waals surface area contributed by atoms with Crippen LogP contribution < -0.4 is 10.1 Å². The van der Waals surface area contributed by atoms with E-state index >= 15 is 0 Å². The lowest BCUT2D eigenvalue weighted by Gasteiger charge is -2.11. The van der Waals surface area contributed by atoms with E-state index in [0.717, 1.165) is 18.9 Å². The molecule has 2 heteroatoms. The number of hydrogen-bond acceptors (Lipinski definition) is 2. The van der Waals surface area contributed by atoms with Crippen LogP contribution >= 0.6 is 0 Å². The molecule has 1 aliphatic rings. The summed E-state index contributed by atoms with van der Waals surface area (Å²) in [7, 11) is 0. The molecule has 14 heavy (non-hydrogen) atoms. The molecule has 0 bridgehead atoms. The minimum Gasteiger partial charge on any atom is -0.494 e. The Hall–Kier alpha value is -1.02. The largest absolute Gasteiger partial charge is 0.494 e. The Morgan fingerprint density at radius 2 is 2.07 bits per heavy atom. The monoisotopic (exact) mass is 191 g/mol. The van der Waals surface area contributed by atoms with Gasteiger partial charge in [0.05, 0.1) is 6.61 Å². The van der Waals surface area contributed by atoms with Crippen molar-refractivity contribution in [3.05, 3.63) is 28.8 Å². The SMILES string of the molecule is CCOc1cc(C)c(C2CN2)cc1C. The van der Waals surface area contributed by atoms with Crippen LogP contribution in [-0.4, -0.2) is 13.2 Å². The van der Waals surface area contributed by atoms with E-state index in [9.17, 15) is 0 Å². The van der Waals surface area contributed by atoms with E-state index < -0.39 is 0 Å². The molecule has 2 rings (SSSR count). The molecule has 1 saturated heterocycles. The van der Waals surface area contributed by atoms with Crippen LogP contribution in [0.4, 0.5) is 0 Å². The van der Waals surface area contributed by atoms with E-state index in [-0.39, 0.29) is 0 Å². The molecule has 0 saturated carbocycles. The highest BCUT2D eigenvalue weighted by Crippen LogP contribution is 2.30. The molecule has 2 nitrogen and oxygen atoms in total. The van der Waals surface area contributed by atoms with Gasteiger partial charge in [-0.3, -0.25) is 0 Å². The van der Waals surface area contributed by atoms with Gasteiger partial charge in [-0.15, -0.1) is 0 Å². The normalized spacial score (nSPS) is 19.5. The van der Waals surface area contributed by atoms with Crippen LogP contribution in [0.5, 0.6) is 5.75 Å². The molecule has 0 amide bonds. The summed E-state index contributed by atoms with van der Waals surface area (Å²) >= 11 is 0. The molecule has 1 heterocycles. The fraction of sp³-hybridized carbons (Fsp3) is 0.500. The number of aryl methyl sites for hydroxylation is 2. The van der Waals surface area contributed by atoms with Crippen molar-refractivity contribution >= 4 is 0 Å². The average Bonchev–Trinajstić information content (AvgIpc) is 2.94. The molecule has 1 unspecified atom stereocenters. The fourth-order valence-corrected chi connectivity index (χ4v) is 1.78. The second-order valence-corrected chi connectivity index (χ2v) is 3.87. The van der Waals surface area contributed by atoms with Gasteiger partial charge in [0.1, 0.15) is 5.75 Å². The molecule has 0 aromatic heterocycles. The maximum atomic E-state index is 5.55. The van der Waals surface area contributed by atoms with Crippen molar-refractivity contribution < 1.29 is 4.74 Å². The van der Waals surface area contributed by atoms with Crippen LogP contribution in [0.15, 0.2) is 12.1 Å². The molecular weight excluding hydrogens is 174 g/mol. The van der Waals surface area contributed by atoms with E-state index in [1.54, 1.807) is 0 Å². The van der Waals surface area contributed by atoms with Crippen molar-refractivity contribution in [1.29, 1.82) is 0 Å². The van der Waals surface area contributed by atoms with Crippen LogP contribution in [0, 0.1) is 13.8 Å². The van der Waals surface area contributed by atoms with Crippen molar-refractivity contribution in [2.75, 3.05) is 13.2 Å².